The normalized spacial score (nSPS) is 14.0. The van der Waals surface area contributed by atoms with E-state index in [1.54, 1.807) is 0 Å². The van der Waals surface area contributed by atoms with Gasteiger partial charge in [0.1, 0.15) is 0 Å². The molecule has 3 aromatic rings. The molecule has 10 heteroatoms. The smallest absolute Gasteiger partial charge is 0.374 e. The zero-order chi connectivity index (χ0) is 26.9. The van der Waals surface area contributed by atoms with E-state index in [-0.39, 0.29) is 11.9 Å². The molecular formula is C28H37N8O2+. The number of fused-ring (bicyclic) bond motifs is 2. The van der Waals surface area contributed by atoms with Crippen LogP contribution in [0.25, 0.3) is 17.2 Å². The van der Waals surface area contributed by atoms with E-state index in [9.17, 15) is 0 Å². The van der Waals surface area contributed by atoms with Crippen molar-refractivity contribution in [2.45, 2.75) is 39.2 Å². The molecule has 10 nitrogen and oxygen atoms in total. The molecule has 0 saturated heterocycles. The molecule has 4 rings (SSSR count). The highest BCUT2D eigenvalue weighted by Gasteiger charge is 2.26. The van der Waals surface area contributed by atoms with E-state index in [4.69, 9.17) is 32.1 Å². The number of nitrogens with zero attached hydrogens (tertiary/aromatic N) is 4. The van der Waals surface area contributed by atoms with Crippen LogP contribution in [0.2, 0.25) is 0 Å². The lowest BCUT2D eigenvalue weighted by Gasteiger charge is -2.18. The second-order valence-electron chi connectivity index (χ2n) is 9.18. The fraction of sp³-hybridized carbons (Fsp3) is 0.321. The van der Waals surface area contributed by atoms with Crippen LogP contribution in [0.15, 0.2) is 80.5 Å². The summed E-state index contributed by atoms with van der Waals surface area (Å²) in [4.78, 5) is 10.4. The molecule has 0 radical (unpaired) electrons. The number of aliphatic imine (C=N–C) groups is 2. The van der Waals surface area contributed by atoms with Crippen molar-refractivity contribution in [1.82, 2.24) is 0 Å². The number of allylic oxidation sites excluding steroid dienone is 2. The fourth-order valence-corrected chi connectivity index (χ4v) is 4.39. The minimum Gasteiger partial charge on any atom is -0.439 e. The SMILES string of the molecule is CC(=C\c1oc2ccccc2[n+]1CCCCN=C(N)N)/C=C1/Oc2ccccc2N1CCCCN=C(N)N. The average Bonchev–Trinajstić information content (AvgIpc) is 3.40. The number of nitrogens with two attached hydrogens (primary N) is 4. The Kier molecular flexibility index (Phi) is 8.86. The second kappa shape index (κ2) is 12.7. The largest absolute Gasteiger partial charge is 0.439 e. The van der Waals surface area contributed by atoms with Gasteiger partial charge in [-0.2, -0.15) is 4.57 Å². The molecule has 1 aliphatic heterocycles. The summed E-state index contributed by atoms with van der Waals surface area (Å²) in [6.07, 6.45) is 7.68. The molecule has 2 heterocycles. The topological polar surface area (TPSA) is 158 Å². The number of unbranched alkanes of at least 4 members (excludes halogenated alkanes) is 2. The Bertz CT molecular complexity index is 1360. The van der Waals surface area contributed by atoms with Gasteiger partial charge in [-0.1, -0.05) is 24.3 Å². The van der Waals surface area contributed by atoms with E-state index in [2.05, 4.69) is 31.6 Å². The third kappa shape index (κ3) is 6.84. The van der Waals surface area contributed by atoms with Gasteiger partial charge in [0, 0.05) is 38.2 Å². The van der Waals surface area contributed by atoms with Crippen molar-refractivity contribution in [1.29, 1.82) is 0 Å². The van der Waals surface area contributed by atoms with E-state index in [0.29, 0.717) is 13.1 Å². The monoisotopic (exact) mass is 517 g/mol. The number of aryl methyl sites for hydroxylation is 1. The van der Waals surface area contributed by atoms with Gasteiger partial charge in [-0.05, 0) is 50.0 Å². The summed E-state index contributed by atoms with van der Waals surface area (Å²) in [6.45, 7) is 4.84. The minimum absolute atomic E-state index is 0.123. The van der Waals surface area contributed by atoms with Crippen molar-refractivity contribution in [3.8, 4) is 5.75 Å². The Morgan fingerprint density at radius 2 is 1.58 bits per heavy atom. The molecule has 38 heavy (non-hydrogen) atoms. The quantitative estimate of drug-likeness (QED) is 0.124. The molecule has 200 valence electrons. The van der Waals surface area contributed by atoms with Crippen LogP contribution in [0.1, 0.15) is 38.5 Å². The highest BCUT2D eigenvalue weighted by Crippen LogP contribution is 2.39. The van der Waals surface area contributed by atoms with Crippen molar-refractivity contribution >= 4 is 34.8 Å². The zero-order valence-electron chi connectivity index (χ0n) is 21.8. The lowest BCUT2D eigenvalue weighted by Crippen LogP contribution is -2.35. The lowest BCUT2D eigenvalue weighted by atomic mass is 10.2. The number of ether oxygens (including phenoxy) is 1. The molecule has 1 aliphatic rings. The van der Waals surface area contributed by atoms with Gasteiger partial charge in [0.2, 0.25) is 11.5 Å². The number of hydrogen-bond donors (Lipinski definition) is 4. The Labute approximate surface area is 223 Å². The molecule has 8 N–H and O–H groups in total. The first-order valence-electron chi connectivity index (χ1n) is 12.9. The van der Waals surface area contributed by atoms with Crippen molar-refractivity contribution in [3.63, 3.8) is 0 Å². The Morgan fingerprint density at radius 3 is 2.34 bits per heavy atom. The van der Waals surface area contributed by atoms with Gasteiger partial charge in [0.25, 0.3) is 5.52 Å². The summed E-state index contributed by atoms with van der Waals surface area (Å²) >= 11 is 0. The Hall–Kier alpha value is -4.47. The number of para-hydroxylation sites is 4. The van der Waals surface area contributed by atoms with Crippen LogP contribution >= 0.6 is 0 Å². The Morgan fingerprint density at radius 1 is 0.895 bits per heavy atom. The van der Waals surface area contributed by atoms with Gasteiger partial charge in [-0.3, -0.25) is 9.98 Å². The Balaban J connectivity index is 1.54. The summed E-state index contributed by atoms with van der Waals surface area (Å²) in [6, 6.07) is 16.1. The number of aromatic nitrogens is 1. The predicted molar refractivity (Wildman–Crippen MR) is 152 cm³/mol. The van der Waals surface area contributed by atoms with E-state index < -0.39 is 0 Å². The number of oxazole rings is 1. The molecular weight excluding hydrogens is 480 g/mol. The molecule has 0 spiro atoms. The van der Waals surface area contributed by atoms with Gasteiger partial charge in [0.15, 0.2) is 24.2 Å². The van der Waals surface area contributed by atoms with Crippen LogP contribution in [-0.4, -0.2) is 31.6 Å². The first-order valence-corrected chi connectivity index (χ1v) is 12.9. The van der Waals surface area contributed by atoms with Crippen LogP contribution in [0, 0.1) is 0 Å². The number of rotatable bonds is 12. The molecule has 0 saturated carbocycles. The van der Waals surface area contributed by atoms with Crippen molar-refractivity contribution in [2.24, 2.45) is 32.9 Å². The minimum atomic E-state index is 0.123. The summed E-state index contributed by atoms with van der Waals surface area (Å²) in [5.41, 5.74) is 25.7. The average molecular weight is 518 g/mol. The first-order chi connectivity index (χ1) is 18.4. The van der Waals surface area contributed by atoms with Gasteiger partial charge >= 0.3 is 5.89 Å². The molecule has 0 bridgehead atoms. The molecule has 0 aliphatic carbocycles. The highest BCUT2D eigenvalue weighted by molar-refractivity contribution is 5.76. The van der Waals surface area contributed by atoms with Crippen LogP contribution in [0.5, 0.6) is 5.75 Å². The first kappa shape index (κ1) is 26.6. The van der Waals surface area contributed by atoms with E-state index in [1.165, 1.54) is 0 Å². The summed E-state index contributed by atoms with van der Waals surface area (Å²) in [7, 11) is 0. The number of hydrogen-bond acceptors (Lipinski definition) is 5. The number of benzene rings is 2. The van der Waals surface area contributed by atoms with Gasteiger partial charge in [-0.15, -0.1) is 0 Å². The van der Waals surface area contributed by atoms with Crippen LogP contribution in [-0.2, 0) is 6.54 Å². The highest BCUT2D eigenvalue weighted by atomic mass is 16.5. The molecule has 2 aromatic carbocycles. The zero-order valence-corrected chi connectivity index (χ0v) is 21.8. The summed E-state index contributed by atoms with van der Waals surface area (Å²) in [5, 5.41) is 0. The lowest BCUT2D eigenvalue weighted by molar-refractivity contribution is -0.678. The number of guanidine groups is 2. The molecule has 0 unspecified atom stereocenters. The summed E-state index contributed by atoms with van der Waals surface area (Å²) in [5.74, 6) is 2.65. The predicted octanol–water partition coefficient (Wildman–Crippen LogP) is 2.97. The third-order valence-corrected chi connectivity index (χ3v) is 6.14. The van der Waals surface area contributed by atoms with Crippen LogP contribution < -0.4 is 37.1 Å². The maximum Gasteiger partial charge on any atom is 0.374 e. The molecule has 0 fully saturated rings. The maximum absolute atomic E-state index is 6.23. The third-order valence-electron chi connectivity index (χ3n) is 6.14. The maximum atomic E-state index is 6.23. The van der Waals surface area contributed by atoms with E-state index in [1.807, 2.05) is 55.5 Å². The van der Waals surface area contributed by atoms with Gasteiger partial charge in [-0.25, -0.2) is 0 Å². The van der Waals surface area contributed by atoms with E-state index >= 15 is 0 Å². The molecule has 1 aromatic heterocycles. The fourth-order valence-electron chi connectivity index (χ4n) is 4.39. The van der Waals surface area contributed by atoms with Gasteiger partial charge in [0.05, 0.1) is 11.8 Å². The van der Waals surface area contributed by atoms with Crippen molar-refractivity contribution in [3.05, 3.63) is 72.0 Å². The summed E-state index contributed by atoms with van der Waals surface area (Å²) < 4.78 is 14.7. The van der Waals surface area contributed by atoms with Crippen LogP contribution in [0.3, 0.4) is 0 Å². The second-order valence-corrected chi connectivity index (χ2v) is 9.18. The molecule has 0 atom stereocenters. The van der Waals surface area contributed by atoms with Crippen molar-refractivity contribution < 1.29 is 13.7 Å². The van der Waals surface area contributed by atoms with E-state index in [0.717, 1.165) is 78.7 Å². The van der Waals surface area contributed by atoms with Crippen LogP contribution in [0.4, 0.5) is 5.69 Å². The standard InChI is InChI=1S/C28H37N8O2/c1-20(18-25-35(16-8-6-14-33-27(29)30)21-10-2-4-12-23(21)37-25)19-26-36(17-9-7-15-34-28(31)32)22-11-3-5-13-24(22)38-26/h2-5,10-13,18-19H,6-9,14-17H2,1H3,(H4,29,30,33)(H4,31,32,34)/q+1. The number of anilines is 1. The van der Waals surface area contributed by atoms with Gasteiger partial charge < -0.3 is 37.0 Å². The molecule has 0 amide bonds. The van der Waals surface area contributed by atoms with Crippen molar-refractivity contribution in [2.75, 3.05) is 24.5 Å².